The molecule has 0 bridgehead atoms. The fourth-order valence-electron chi connectivity index (χ4n) is 3.55. The van der Waals surface area contributed by atoms with E-state index >= 15 is 0 Å². The molecule has 1 aromatic heterocycles. The highest BCUT2D eigenvalue weighted by Gasteiger charge is 2.36. The lowest BCUT2D eigenvalue weighted by atomic mass is 10.0. The van der Waals surface area contributed by atoms with E-state index in [1.165, 1.54) is 12.8 Å². The summed E-state index contributed by atoms with van der Waals surface area (Å²) in [6.45, 7) is 8.96. The van der Waals surface area contributed by atoms with Crippen molar-refractivity contribution >= 4 is 11.8 Å². The molecule has 0 aromatic carbocycles. The van der Waals surface area contributed by atoms with Gasteiger partial charge in [0.05, 0.1) is 12.2 Å². The fraction of sp³-hybridized carbons (Fsp3) is 0.737. The van der Waals surface area contributed by atoms with Crippen molar-refractivity contribution in [2.24, 2.45) is 11.8 Å². The minimum Gasteiger partial charge on any atom is -0.340 e. The Morgan fingerprint density at radius 2 is 2.12 bits per heavy atom. The van der Waals surface area contributed by atoms with Crippen LogP contribution in [0.2, 0.25) is 0 Å². The Hall–Kier alpha value is -1.85. The van der Waals surface area contributed by atoms with Gasteiger partial charge in [0.1, 0.15) is 0 Å². The molecule has 1 aliphatic heterocycles. The number of carbonyl (C=O) groups excluding carboxylic acids is 2. The topological polar surface area (TPSA) is 58.4 Å². The second-order valence-corrected chi connectivity index (χ2v) is 7.92. The summed E-state index contributed by atoms with van der Waals surface area (Å²) >= 11 is 0. The molecule has 3 rings (SSSR count). The van der Waals surface area contributed by atoms with Crippen LogP contribution in [0.3, 0.4) is 0 Å². The molecular formula is C19H30N4O2. The first-order chi connectivity index (χ1) is 11.9. The lowest BCUT2D eigenvalue weighted by Gasteiger charge is -2.34. The number of rotatable bonds is 6. The molecule has 0 unspecified atom stereocenters. The molecule has 1 aliphatic carbocycles. The third-order valence-corrected chi connectivity index (χ3v) is 5.31. The summed E-state index contributed by atoms with van der Waals surface area (Å²) in [6, 6.07) is 0.131. The Labute approximate surface area is 150 Å². The summed E-state index contributed by atoms with van der Waals surface area (Å²) in [5.74, 6) is 1.36. The van der Waals surface area contributed by atoms with E-state index in [1.807, 2.05) is 22.7 Å². The molecule has 6 heteroatoms. The van der Waals surface area contributed by atoms with Crippen LogP contribution in [-0.4, -0.2) is 57.1 Å². The first-order valence-electron chi connectivity index (χ1n) is 9.50. The maximum atomic E-state index is 12.7. The van der Waals surface area contributed by atoms with Crippen molar-refractivity contribution in [2.75, 3.05) is 19.6 Å². The predicted molar refractivity (Wildman–Crippen MR) is 95.8 cm³/mol. The number of hydrogen-bond donors (Lipinski definition) is 0. The number of hydrogen-bond acceptors (Lipinski definition) is 3. The number of aryl methyl sites for hydroxylation is 2. The SMILES string of the molecule is Cc1cnn(CCC(=O)N2CCC(=O)N(CC3CC3)[C@H](C(C)C)C2)c1. The Kier molecular flexibility index (Phi) is 5.45. The van der Waals surface area contributed by atoms with E-state index in [1.54, 1.807) is 6.20 Å². The van der Waals surface area contributed by atoms with Crippen LogP contribution in [0.1, 0.15) is 45.1 Å². The average Bonchev–Trinajstić information content (AvgIpc) is 3.32. The molecule has 1 atom stereocenters. The maximum Gasteiger partial charge on any atom is 0.224 e. The van der Waals surface area contributed by atoms with E-state index in [2.05, 4.69) is 23.8 Å². The molecule has 2 heterocycles. The quantitative estimate of drug-likeness (QED) is 0.792. The van der Waals surface area contributed by atoms with Crippen LogP contribution in [-0.2, 0) is 16.1 Å². The molecule has 6 nitrogen and oxygen atoms in total. The van der Waals surface area contributed by atoms with Crippen molar-refractivity contribution in [3.8, 4) is 0 Å². The summed E-state index contributed by atoms with van der Waals surface area (Å²) < 4.78 is 1.82. The molecule has 138 valence electrons. The van der Waals surface area contributed by atoms with Gasteiger partial charge in [0.15, 0.2) is 0 Å². The van der Waals surface area contributed by atoms with E-state index in [0.29, 0.717) is 44.3 Å². The molecule has 2 aliphatic rings. The van der Waals surface area contributed by atoms with Gasteiger partial charge in [-0.2, -0.15) is 5.10 Å². The molecule has 0 N–H and O–H groups in total. The second-order valence-electron chi connectivity index (χ2n) is 7.92. The van der Waals surface area contributed by atoms with Crippen LogP contribution in [0.4, 0.5) is 0 Å². The minimum atomic E-state index is 0.125. The monoisotopic (exact) mass is 346 g/mol. The van der Waals surface area contributed by atoms with Gasteiger partial charge in [-0.3, -0.25) is 14.3 Å². The predicted octanol–water partition coefficient (Wildman–Crippen LogP) is 2.08. The van der Waals surface area contributed by atoms with Crippen LogP contribution in [0.5, 0.6) is 0 Å². The van der Waals surface area contributed by atoms with Crippen molar-refractivity contribution in [3.05, 3.63) is 18.0 Å². The molecule has 1 aromatic rings. The highest BCUT2D eigenvalue weighted by molar-refractivity contribution is 5.80. The highest BCUT2D eigenvalue weighted by Crippen LogP contribution is 2.32. The number of nitrogens with zero attached hydrogens (tertiary/aromatic N) is 4. The Morgan fingerprint density at radius 3 is 2.72 bits per heavy atom. The van der Waals surface area contributed by atoms with Crippen LogP contribution in [0, 0.1) is 18.8 Å². The van der Waals surface area contributed by atoms with Crippen LogP contribution in [0.25, 0.3) is 0 Å². The van der Waals surface area contributed by atoms with E-state index < -0.39 is 0 Å². The Bertz CT molecular complexity index is 621. The van der Waals surface area contributed by atoms with E-state index in [4.69, 9.17) is 0 Å². The minimum absolute atomic E-state index is 0.125. The lowest BCUT2D eigenvalue weighted by Crippen LogP contribution is -2.48. The maximum absolute atomic E-state index is 12.7. The third kappa shape index (κ3) is 4.61. The molecule has 2 fully saturated rings. The van der Waals surface area contributed by atoms with Gasteiger partial charge >= 0.3 is 0 Å². The Balaban J connectivity index is 1.62. The smallest absolute Gasteiger partial charge is 0.224 e. The number of carbonyl (C=O) groups is 2. The molecule has 2 amide bonds. The van der Waals surface area contributed by atoms with Gasteiger partial charge in [0, 0.05) is 45.2 Å². The first-order valence-corrected chi connectivity index (χ1v) is 9.50. The van der Waals surface area contributed by atoms with Gasteiger partial charge in [-0.05, 0) is 37.2 Å². The largest absolute Gasteiger partial charge is 0.340 e. The molecule has 1 saturated carbocycles. The zero-order valence-electron chi connectivity index (χ0n) is 15.6. The normalized spacial score (nSPS) is 21.8. The highest BCUT2D eigenvalue weighted by atomic mass is 16.2. The van der Waals surface area contributed by atoms with Gasteiger partial charge in [0.25, 0.3) is 0 Å². The molecule has 0 spiro atoms. The average molecular weight is 346 g/mol. The summed E-state index contributed by atoms with van der Waals surface area (Å²) in [7, 11) is 0. The van der Waals surface area contributed by atoms with E-state index in [9.17, 15) is 9.59 Å². The summed E-state index contributed by atoms with van der Waals surface area (Å²) in [5.41, 5.74) is 1.10. The van der Waals surface area contributed by atoms with E-state index in [-0.39, 0.29) is 17.9 Å². The van der Waals surface area contributed by atoms with Gasteiger partial charge in [0.2, 0.25) is 11.8 Å². The molecule has 25 heavy (non-hydrogen) atoms. The number of amides is 2. The number of aromatic nitrogens is 2. The summed E-state index contributed by atoms with van der Waals surface area (Å²) in [6.07, 6.45) is 7.11. The van der Waals surface area contributed by atoms with Crippen molar-refractivity contribution in [3.63, 3.8) is 0 Å². The van der Waals surface area contributed by atoms with Crippen LogP contribution < -0.4 is 0 Å². The summed E-state index contributed by atoms with van der Waals surface area (Å²) in [4.78, 5) is 29.3. The summed E-state index contributed by atoms with van der Waals surface area (Å²) in [5, 5.41) is 4.24. The van der Waals surface area contributed by atoms with Gasteiger partial charge in [-0.15, -0.1) is 0 Å². The van der Waals surface area contributed by atoms with Crippen molar-refractivity contribution in [1.82, 2.24) is 19.6 Å². The molecule has 0 radical (unpaired) electrons. The zero-order valence-corrected chi connectivity index (χ0v) is 15.6. The van der Waals surface area contributed by atoms with Gasteiger partial charge in [-0.1, -0.05) is 13.8 Å². The Morgan fingerprint density at radius 1 is 1.36 bits per heavy atom. The standard InChI is InChI=1S/C19H30N4O2/c1-14(2)17-13-21(8-6-19(25)23(17)12-16-4-5-16)18(24)7-9-22-11-15(3)10-20-22/h10-11,14,16-17H,4-9,12-13H2,1-3H3/t17-/m0/s1. The van der Waals surface area contributed by atoms with Crippen molar-refractivity contribution in [1.29, 1.82) is 0 Å². The second kappa shape index (κ2) is 7.58. The molecule has 1 saturated heterocycles. The first kappa shape index (κ1) is 18.0. The fourth-order valence-corrected chi connectivity index (χ4v) is 3.55. The lowest BCUT2D eigenvalue weighted by molar-refractivity contribution is -0.134. The van der Waals surface area contributed by atoms with Crippen molar-refractivity contribution < 1.29 is 9.59 Å². The van der Waals surface area contributed by atoms with Gasteiger partial charge < -0.3 is 9.80 Å². The van der Waals surface area contributed by atoms with Crippen molar-refractivity contribution in [2.45, 2.75) is 59.0 Å². The van der Waals surface area contributed by atoms with E-state index in [0.717, 1.165) is 12.1 Å². The van der Waals surface area contributed by atoms with Gasteiger partial charge in [-0.25, -0.2) is 0 Å². The zero-order chi connectivity index (χ0) is 18.0. The van der Waals surface area contributed by atoms with Crippen LogP contribution >= 0.6 is 0 Å². The molecular weight excluding hydrogens is 316 g/mol. The van der Waals surface area contributed by atoms with Crippen LogP contribution in [0.15, 0.2) is 12.4 Å². The third-order valence-electron chi connectivity index (χ3n) is 5.31.